The van der Waals surface area contributed by atoms with Crippen molar-refractivity contribution in [1.29, 1.82) is 0 Å². The van der Waals surface area contributed by atoms with Crippen LogP contribution in [0.5, 0.6) is 0 Å². The van der Waals surface area contributed by atoms with Crippen molar-refractivity contribution < 1.29 is 9.53 Å². The smallest absolute Gasteiger partial charge is 0.343 e. The lowest BCUT2D eigenvalue weighted by Gasteiger charge is -2.28. The fourth-order valence-electron chi connectivity index (χ4n) is 3.99. The van der Waals surface area contributed by atoms with E-state index in [1.165, 1.54) is 16.0 Å². The van der Waals surface area contributed by atoms with Crippen LogP contribution in [0.1, 0.15) is 45.1 Å². The van der Waals surface area contributed by atoms with Crippen LogP contribution in [-0.4, -0.2) is 5.97 Å². The molecule has 2 aliphatic carbocycles. The van der Waals surface area contributed by atoms with E-state index in [2.05, 4.69) is 29.7 Å². The Balaban J connectivity index is 1.62. The maximum atomic E-state index is 12.9. The van der Waals surface area contributed by atoms with Crippen molar-refractivity contribution in [3.63, 3.8) is 0 Å². The van der Waals surface area contributed by atoms with Crippen LogP contribution in [-0.2, 0) is 4.74 Å². The molecule has 0 saturated heterocycles. The molecule has 2 aliphatic rings. The summed E-state index contributed by atoms with van der Waals surface area (Å²) in [5.74, 6) is 0.579. The standard InChI is InChI=1S/C24H18O2S/c25-24(17-9-5-2-6-10-17)26-22-20(16-7-3-1-4-8-16)12-11-18-15-19-13-14-27-23(19)21(18)22/h1-10,13-15,21H,11-12H2. The zero-order chi connectivity index (χ0) is 18.2. The number of allylic oxidation sites excluding steroid dienone is 2. The molecule has 0 aliphatic heterocycles. The number of benzene rings is 2. The van der Waals surface area contributed by atoms with Gasteiger partial charge in [-0.1, -0.05) is 60.2 Å². The molecule has 2 nitrogen and oxygen atoms in total. The molecule has 132 valence electrons. The third kappa shape index (κ3) is 2.84. The number of rotatable bonds is 3. The Morgan fingerprint density at radius 3 is 2.44 bits per heavy atom. The lowest BCUT2D eigenvalue weighted by atomic mass is 9.83. The summed E-state index contributed by atoms with van der Waals surface area (Å²) < 4.78 is 6.09. The Labute approximate surface area is 162 Å². The van der Waals surface area contributed by atoms with E-state index in [1.54, 1.807) is 23.5 Å². The number of carbonyl (C=O) groups excluding carboxylic acids is 1. The lowest BCUT2D eigenvalue weighted by molar-refractivity contribution is 0.0610. The maximum Gasteiger partial charge on any atom is 0.343 e. The molecule has 3 aromatic rings. The van der Waals surface area contributed by atoms with E-state index in [1.807, 2.05) is 36.4 Å². The van der Waals surface area contributed by atoms with Crippen molar-refractivity contribution in [2.75, 3.05) is 0 Å². The summed E-state index contributed by atoms with van der Waals surface area (Å²) in [5, 5.41) is 2.12. The van der Waals surface area contributed by atoms with E-state index in [0.29, 0.717) is 5.56 Å². The average molecular weight is 370 g/mol. The second-order valence-corrected chi connectivity index (χ2v) is 7.80. The van der Waals surface area contributed by atoms with Crippen molar-refractivity contribution in [3.8, 4) is 0 Å². The Hall–Kier alpha value is -2.91. The third-order valence-corrected chi connectivity index (χ3v) is 6.26. The summed E-state index contributed by atoms with van der Waals surface area (Å²) in [6.07, 6.45) is 4.16. The van der Waals surface area contributed by atoms with Crippen molar-refractivity contribution >= 4 is 29.0 Å². The van der Waals surface area contributed by atoms with Gasteiger partial charge in [-0.3, -0.25) is 0 Å². The summed E-state index contributed by atoms with van der Waals surface area (Å²) in [7, 11) is 0. The quantitative estimate of drug-likeness (QED) is 0.506. The first-order valence-electron chi connectivity index (χ1n) is 9.15. The Morgan fingerprint density at radius 1 is 0.926 bits per heavy atom. The fourth-order valence-corrected chi connectivity index (χ4v) is 5.01. The molecular formula is C24H18O2S. The number of fused-ring (bicyclic) bond motifs is 3. The highest BCUT2D eigenvalue weighted by atomic mass is 32.1. The van der Waals surface area contributed by atoms with Crippen LogP contribution in [0.4, 0.5) is 0 Å². The minimum atomic E-state index is -0.287. The summed E-state index contributed by atoms with van der Waals surface area (Å²) in [5.41, 5.74) is 5.48. The molecule has 5 rings (SSSR count). The molecule has 0 spiro atoms. The van der Waals surface area contributed by atoms with Gasteiger partial charge in [-0.15, -0.1) is 11.3 Å². The fraction of sp³-hybridized carbons (Fsp3) is 0.125. The van der Waals surface area contributed by atoms with Gasteiger partial charge in [-0.2, -0.15) is 0 Å². The maximum absolute atomic E-state index is 12.9. The largest absolute Gasteiger partial charge is 0.426 e. The first-order chi connectivity index (χ1) is 13.3. The zero-order valence-corrected chi connectivity index (χ0v) is 15.5. The van der Waals surface area contributed by atoms with E-state index in [9.17, 15) is 4.79 Å². The summed E-state index contributed by atoms with van der Waals surface area (Å²) in [4.78, 5) is 14.1. The predicted molar refractivity (Wildman–Crippen MR) is 109 cm³/mol. The molecule has 0 saturated carbocycles. The highest BCUT2D eigenvalue weighted by Gasteiger charge is 2.37. The number of carbonyl (C=O) groups is 1. The Kier molecular flexibility index (Phi) is 4.02. The number of hydrogen-bond acceptors (Lipinski definition) is 3. The van der Waals surface area contributed by atoms with Gasteiger partial charge in [0, 0.05) is 4.88 Å². The van der Waals surface area contributed by atoms with Crippen molar-refractivity contribution in [1.82, 2.24) is 0 Å². The van der Waals surface area contributed by atoms with Gasteiger partial charge in [0.25, 0.3) is 0 Å². The number of thiophene rings is 1. The second-order valence-electron chi connectivity index (χ2n) is 6.86. The lowest BCUT2D eigenvalue weighted by Crippen LogP contribution is -2.16. The number of hydrogen-bond donors (Lipinski definition) is 0. The molecule has 2 aromatic carbocycles. The zero-order valence-electron chi connectivity index (χ0n) is 14.7. The molecule has 1 atom stereocenters. The van der Waals surface area contributed by atoms with Crippen LogP contribution in [0.3, 0.4) is 0 Å². The molecule has 1 unspecified atom stereocenters. The van der Waals surface area contributed by atoms with E-state index in [4.69, 9.17) is 4.74 Å². The van der Waals surface area contributed by atoms with Gasteiger partial charge < -0.3 is 4.74 Å². The second kappa shape index (κ2) is 6.67. The first-order valence-corrected chi connectivity index (χ1v) is 10.0. The van der Waals surface area contributed by atoms with Crippen LogP contribution in [0.15, 0.2) is 83.4 Å². The van der Waals surface area contributed by atoms with Gasteiger partial charge in [0.15, 0.2) is 0 Å². The van der Waals surface area contributed by atoms with Crippen molar-refractivity contribution in [3.05, 3.63) is 105 Å². The molecule has 27 heavy (non-hydrogen) atoms. The van der Waals surface area contributed by atoms with Gasteiger partial charge in [-0.25, -0.2) is 4.79 Å². The van der Waals surface area contributed by atoms with Crippen molar-refractivity contribution in [2.24, 2.45) is 0 Å². The topological polar surface area (TPSA) is 26.3 Å². The third-order valence-electron chi connectivity index (χ3n) is 5.26. The monoisotopic (exact) mass is 370 g/mol. The molecule has 1 aromatic heterocycles. The highest BCUT2D eigenvalue weighted by molar-refractivity contribution is 7.10. The summed E-state index contributed by atoms with van der Waals surface area (Å²) >= 11 is 1.74. The molecule has 0 bridgehead atoms. The van der Waals surface area contributed by atoms with Crippen LogP contribution >= 0.6 is 11.3 Å². The van der Waals surface area contributed by atoms with E-state index >= 15 is 0 Å². The molecule has 0 N–H and O–H groups in total. The van der Waals surface area contributed by atoms with Crippen LogP contribution in [0, 0.1) is 0 Å². The molecule has 0 amide bonds. The molecular weight excluding hydrogens is 352 g/mol. The molecule has 0 fully saturated rings. The predicted octanol–water partition coefficient (Wildman–Crippen LogP) is 6.29. The van der Waals surface area contributed by atoms with Crippen molar-refractivity contribution in [2.45, 2.75) is 18.8 Å². The van der Waals surface area contributed by atoms with E-state index < -0.39 is 0 Å². The minimum Gasteiger partial charge on any atom is -0.426 e. The minimum absolute atomic E-state index is 0.0663. The number of ether oxygens (including phenoxy) is 1. The Morgan fingerprint density at radius 2 is 1.67 bits per heavy atom. The van der Waals surface area contributed by atoms with Gasteiger partial charge in [-0.05, 0) is 53.1 Å². The molecule has 1 heterocycles. The summed E-state index contributed by atoms with van der Waals surface area (Å²) in [6.45, 7) is 0. The summed E-state index contributed by atoms with van der Waals surface area (Å²) in [6, 6.07) is 21.7. The van der Waals surface area contributed by atoms with Gasteiger partial charge in [0.1, 0.15) is 5.76 Å². The highest BCUT2D eigenvalue weighted by Crippen LogP contribution is 2.52. The van der Waals surface area contributed by atoms with Crippen LogP contribution in [0.25, 0.3) is 11.6 Å². The Bertz CT molecular complexity index is 1060. The van der Waals surface area contributed by atoms with Gasteiger partial charge in [0.05, 0.1) is 11.5 Å². The van der Waals surface area contributed by atoms with Gasteiger partial charge >= 0.3 is 5.97 Å². The normalized spacial score (nSPS) is 17.9. The SMILES string of the molecule is O=C(OC1=C(c2ccccc2)CCC2=Cc3ccsc3C21)c1ccccc1. The van der Waals surface area contributed by atoms with E-state index in [-0.39, 0.29) is 11.9 Å². The number of esters is 1. The van der Waals surface area contributed by atoms with Crippen LogP contribution in [0.2, 0.25) is 0 Å². The van der Waals surface area contributed by atoms with E-state index in [0.717, 1.165) is 29.7 Å². The average Bonchev–Trinajstić information content (AvgIpc) is 3.30. The van der Waals surface area contributed by atoms with Gasteiger partial charge in [0.2, 0.25) is 0 Å². The van der Waals surface area contributed by atoms with Crippen LogP contribution < -0.4 is 0 Å². The molecule has 3 heteroatoms. The molecule has 0 radical (unpaired) electrons. The first kappa shape index (κ1) is 16.3.